The summed E-state index contributed by atoms with van der Waals surface area (Å²) in [6.45, 7) is 1.21. The molecule has 0 spiro atoms. The van der Waals surface area contributed by atoms with Gasteiger partial charge in [-0.1, -0.05) is 29.0 Å². The predicted octanol–water partition coefficient (Wildman–Crippen LogP) is 5.32. The number of aromatic nitrogens is 3. The van der Waals surface area contributed by atoms with E-state index in [2.05, 4.69) is 4.98 Å². The zero-order chi connectivity index (χ0) is 21.8. The maximum absolute atomic E-state index is 13.5. The molecule has 0 saturated carbocycles. The van der Waals surface area contributed by atoms with Crippen LogP contribution in [0.25, 0.3) is 10.2 Å². The Morgan fingerprint density at radius 2 is 2.06 bits per heavy atom. The summed E-state index contributed by atoms with van der Waals surface area (Å²) in [5, 5.41) is 1.14. The van der Waals surface area contributed by atoms with Crippen molar-refractivity contribution < 1.29 is 14.3 Å². The second kappa shape index (κ2) is 10.7. The number of benzene rings is 2. The van der Waals surface area contributed by atoms with Gasteiger partial charge in [-0.25, -0.2) is 9.97 Å². The Morgan fingerprint density at radius 1 is 1.22 bits per heavy atom. The van der Waals surface area contributed by atoms with E-state index in [1.165, 1.54) is 11.3 Å². The van der Waals surface area contributed by atoms with Gasteiger partial charge in [-0.2, -0.15) is 0 Å². The molecule has 1 amide bonds. The molecule has 7 nitrogen and oxygen atoms in total. The number of aryl methyl sites for hydroxylation is 1. The maximum atomic E-state index is 13.5. The minimum Gasteiger partial charge on any atom is -0.497 e. The van der Waals surface area contributed by atoms with E-state index in [4.69, 9.17) is 26.1 Å². The Morgan fingerprint density at radius 3 is 2.78 bits per heavy atom. The molecule has 10 heteroatoms. The normalized spacial score (nSPS) is 10.6. The lowest BCUT2D eigenvalue weighted by Crippen LogP contribution is -2.32. The average Bonchev–Trinajstić information content (AvgIpc) is 3.47. The number of amides is 1. The number of hydrogen-bond acceptors (Lipinski definition) is 6. The molecule has 4 aromatic rings. The van der Waals surface area contributed by atoms with E-state index >= 15 is 0 Å². The van der Waals surface area contributed by atoms with Gasteiger partial charge in [0.1, 0.15) is 17.0 Å². The molecule has 0 aliphatic rings. The van der Waals surface area contributed by atoms with Crippen molar-refractivity contribution in [3.63, 3.8) is 0 Å². The van der Waals surface area contributed by atoms with Crippen LogP contribution in [-0.2, 0) is 6.54 Å². The van der Waals surface area contributed by atoms with Crippen LogP contribution < -0.4 is 14.4 Å². The quantitative estimate of drug-likeness (QED) is 0.332. The summed E-state index contributed by atoms with van der Waals surface area (Å²) >= 11 is 7.77. The van der Waals surface area contributed by atoms with Crippen LogP contribution in [0, 0.1) is 0 Å². The molecule has 0 bridgehead atoms. The Labute approximate surface area is 201 Å². The van der Waals surface area contributed by atoms with E-state index < -0.39 is 0 Å². The molecule has 2 heterocycles. The van der Waals surface area contributed by atoms with Gasteiger partial charge in [0, 0.05) is 31.0 Å². The number of methoxy groups -OCH3 is 2. The van der Waals surface area contributed by atoms with Crippen LogP contribution in [-0.4, -0.2) is 41.2 Å². The highest BCUT2D eigenvalue weighted by Gasteiger charge is 2.23. The smallest absolute Gasteiger partial charge is 0.260 e. The van der Waals surface area contributed by atoms with Gasteiger partial charge in [-0.15, -0.1) is 12.4 Å². The Hall–Kier alpha value is -2.81. The van der Waals surface area contributed by atoms with E-state index in [0.717, 1.165) is 17.7 Å². The summed E-state index contributed by atoms with van der Waals surface area (Å²) in [6, 6.07) is 10.7. The fourth-order valence-electron chi connectivity index (χ4n) is 3.25. The first-order chi connectivity index (χ1) is 15.1. The Balaban J connectivity index is 0.00000289. The molecule has 0 N–H and O–H groups in total. The number of rotatable bonds is 8. The fourth-order valence-corrected chi connectivity index (χ4v) is 4.53. The summed E-state index contributed by atoms with van der Waals surface area (Å²) in [4.78, 5) is 23.9. The number of carbonyl (C=O) groups is 1. The Bertz CT molecular complexity index is 1200. The van der Waals surface area contributed by atoms with E-state index in [0.29, 0.717) is 39.3 Å². The number of imidazole rings is 1. The molecular formula is C22H22Cl2N4O3S. The maximum Gasteiger partial charge on any atom is 0.260 e. The topological polar surface area (TPSA) is 69.5 Å². The van der Waals surface area contributed by atoms with Gasteiger partial charge >= 0.3 is 0 Å². The molecule has 4 rings (SSSR count). The first kappa shape index (κ1) is 23.8. The fraction of sp³-hybridized carbons (Fsp3) is 0.227. The average molecular weight is 493 g/mol. The van der Waals surface area contributed by atoms with Gasteiger partial charge in [0.15, 0.2) is 5.13 Å². The SMILES string of the molecule is COc1cccc(C(=O)N(CCCn2ccnc2)c2nc3c(OC)ccc(Cl)c3s2)c1.Cl. The molecule has 32 heavy (non-hydrogen) atoms. The molecule has 0 aliphatic heterocycles. The lowest BCUT2D eigenvalue weighted by Gasteiger charge is -2.20. The van der Waals surface area contributed by atoms with Gasteiger partial charge in [-0.3, -0.25) is 9.69 Å². The van der Waals surface area contributed by atoms with E-state index in [1.54, 1.807) is 62.0 Å². The largest absolute Gasteiger partial charge is 0.497 e. The second-order valence-electron chi connectivity index (χ2n) is 6.77. The standard InChI is InChI=1S/C22H21ClN4O3S.ClH/c1-29-16-6-3-5-15(13-16)21(28)27(11-4-10-26-12-9-24-14-26)22-25-19-18(30-2)8-7-17(23)20(19)31-22;/h3,5-9,12-14H,4,10-11H2,1-2H3;1H. The van der Waals surface area contributed by atoms with Gasteiger partial charge in [0.25, 0.3) is 5.91 Å². The van der Waals surface area contributed by atoms with Crippen LogP contribution in [0.3, 0.4) is 0 Å². The van der Waals surface area contributed by atoms with Crippen molar-refractivity contribution in [2.45, 2.75) is 13.0 Å². The molecule has 0 atom stereocenters. The van der Waals surface area contributed by atoms with E-state index in [9.17, 15) is 4.79 Å². The second-order valence-corrected chi connectivity index (χ2v) is 8.15. The van der Waals surface area contributed by atoms with Crippen molar-refractivity contribution in [3.05, 3.63) is 65.7 Å². The lowest BCUT2D eigenvalue weighted by atomic mass is 10.2. The highest BCUT2D eigenvalue weighted by atomic mass is 35.5. The molecule has 168 valence electrons. The third-order valence-corrected chi connectivity index (χ3v) is 6.36. The van der Waals surface area contributed by atoms with Crippen LogP contribution in [0.4, 0.5) is 5.13 Å². The van der Waals surface area contributed by atoms with Crippen LogP contribution in [0.2, 0.25) is 5.02 Å². The first-order valence-corrected chi connectivity index (χ1v) is 10.8. The zero-order valence-electron chi connectivity index (χ0n) is 17.5. The van der Waals surface area contributed by atoms with E-state index in [1.807, 2.05) is 16.8 Å². The summed E-state index contributed by atoms with van der Waals surface area (Å²) in [5.41, 5.74) is 1.17. The minimum absolute atomic E-state index is 0. The van der Waals surface area contributed by atoms with Gasteiger partial charge in [0.2, 0.25) is 0 Å². The van der Waals surface area contributed by atoms with Crippen molar-refractivity contribution in [2.75, 3.05) is 25.7 Å². The monoisotopic (exact) mass is 492 g/mol. The molecule has 0 saturated heterocycles. The highest BCUT2D eigenvalue weighted by molar-refractivity contribution is 7.23. The highest BCUT2D eigenvalue weighted by Crippen LogP contribution is 2.39. The van der Waals surface area contributed by atoms with Crippen LogP contribution in [0.5, 0.6) is 11.5 Å². The molecule has 0 radical (unpaired) electrons. The van der Waals surface area contributed by atoms with Gasteiger partial charge in [-0.05, 0) is 36.8 Å². The van der Waals surface area contributed by atoms with Gasteiger partial charge in [0.05, 0.1) is 30.3 Å². The van der Waals surface area contributed by atoms with Crippen molar-refractivity contribution >= 4 is 56.6 Å². The number of halogens is 2. The van der Waals surface area contributed by atoms with Crippen LogP contribution >= 0.6 is 35.3 Å². The number of carbonyl (C=O) groups excluding carboxylic acids is 1. The van der Waals surface area contributed by atoms with Crippen molar-refractivity contribution in [1.29, 1.82) is 0 Å². The first-order valence-electron chi connectivity index (χ1n) is 9.65. The summed E-state index contributed by atoms with van der Waals surface area (Å²) < 4.78 is 13.5. The predicted molar refractivity (Wildman–Crippen MR) is 130 cm³/mol. The van der Waals surface area contributed by atoms with E-state index in [-0.39, 0.29) is 18.3 Å². The number of ether oxygens (including phenoxy) is 2. The number of fused-ring (bicyclic) bond motifs is 1. The summed E-state index contributed by atoms with van der Waals surface area (Å²) in [5.74, 6) is 1.09. The molecule has 2 aromatic heterocycles. The van der Waals surface area contributed by atoms with Crippen molar-refractivity contribution in [3.8, 4) is 11.5 Å². The number of anilines is 1. The molecule has 2 aromatic carbocycles. The minimum atomic E-state index is -0.154. The van der Waals surface area contributed by atoms with Gasteiger partial charge < -0.3 is 14.0 Å². The summed E-state index contributed by atoms with van der Waals surface area (Å²) in [7, 11) is 3.17. The third kappa shape index (κ3) is 4.98. The third-order valence-electron chi connectivity index (χ3n) is 4.82. The van der Waals surface area contributed by atoms with Crippen LogP contribution in [0.15, 0.2) is 55.1 Å². The Kier molecular flexibility index (Phi) is 7.95. The number of nitrogens with zero attached hydrogens (tertiary/aromatic N) is 4. The van der Waals surface area contributed by atoms with Crippen LogP contribution in [0.1, 0.15) is 16.8 Å². The zero-order valence-corrected chi connectivity index (χ0v) is 19.9. The lowest BCUT2D eigenvalue weighted by molar-refractivity contribution is 0.0986. The molecule has 0 fully saturated rings. The van der Waals surface area contributed by atoms with Crippen molar-refractivity contribution in [2.24, 2.45) is 0 Å². The number of thiazole rings is 1. The van der Waals surface area contributed by atoms with Crippen molar-refractivity contribution in [1.82, 2.24) is 14.5 Å². The number of hydrogen-bond donors (Lipinski definition) is 0. The molecule has 0 unspecified atom stereocenters. The molecular weight excluding hydrogens is 471 g/mol. The molecule has 0 aliphatic carbocycles. The summed E-state index contributed by atoms with van der Waals surface area (Å²) in [6.07, 6.45) is 6.13.